The number of halogens is 1. The van der Waals surface area contributed by atoms with Gasteiger partial charge in [-0.1, -0.05) is 34.1 Å². The smallest absolute Gasteiger partial charge is 0.328 e. The number of ether oxygens (including phenoxy) is 1. The Morgan fingerprint density at radius 1 is 1.29 bits per heavy atom. The van der Waals surface area contributed by atoms with Crippen molar-refractivity contribution >= 4 is 32.7 Å². The number of benzene rings is 1. The maximum absolute atomic E-state index is 12.4. The van der Waals surface area contributed by atoms with Gasteiger partial charge in [-0.25, -0.2) is 4.68 Å². The van der Waals surface area contributed by atoms with Crippen molar-refractivity contribution in [2.75, 3.05) is 0 Å². The summed E-state index contributed by atoms with van der Waals surface area (Å²) in [7, 11) is 0. The number of esters is 1. The van der Waals surface area contributed by atoms with Crippen LogP contribution in [-0.2, 0) is 21.4 Å². The second kappa shape index (κ2) is 5.97. The fourth-order valence-electron chi connectivity index (χ4n) is 2.01. The predicted molar refractivity (Wildman–Crippen MR) is 84.5 cm³/mol. The summed E-state index contributed by atoms with van der Waals surface area (Å²) in [4.78, 5) is 24.3. The van der Waals surface area contributed by atoms with Crippen molar-refractivity contribution in [1.82, 2.24) is 9.78 Å². The quantitative estimate of drug-likeness (QED) is 0.629. The van der Waals surface area contributed by atoms with E-state index in [0.29, 0.717) is 16.4 Å². The first-order valence-corrected chi connectivity index (χ1v) is 7.70. The van der Waals surface area contributed by atoms with E-state index >= 15 is 0 Å². The second-order valence-electron chi connectivity index (χ2n) is 5.68. The van der Waals surface area contributed by atoms with Crippen LogP contribution in [0.15, 0.2) is 29.1 Å². The van der Waals surface area contributed by atoms with Crippen LogP contribution in [0.4, 0.5) is 0 Å². The fourth-order valence-corrected chi connectivity index (χ4v) is 2.42. The number of carbonyl (C=O) groups is 1. The van der Waals surface area contributed by atoms with E-state index < -0.39 is 11.6 Å². The van der Waals surface area contributed by atoms with E-state index in [-0.39, 0.29) is 12.1 Å². The molecule has 0 unspecified atom stereocenters. The van der Waals surface area contributed by atoms with Gasteiger partial charge in [-0.15, -0.1) is 0 Å². The Balaban J connectivity index is 2.43. The number of fused-ring (bicyclic) bond motifs is 1. The highest BCUT2D eigenvalue weighted by Gasteiger charge is 2.18. The molecule has 0 fully saturated rings. The second-order valence-corrected chi connectivity index (χ2v) is 6.24. The molecule has 21 heavy (non-hydrogen) atoms. The zero-order valence-corrected chi connectivity index (χ0v) is 13.8. The van der Waals surface area contributed by atoms with Gasteiger partial charge in [0, 0.05) is 10.7 Å². The van der Waals surface area contributed by atoms with Crippen LogP contribution < -0.4 is 5.56 Å². The van der Waals surface area contributed by atoms with Gasteiger partial charge < -0.3 is 4.74 Å². The summed E-state index contributed by atoms with van der Waals surface area (Å²) >= 11 is 3.36. The minimum atomic E-state index is -0.588. The van der Waals surface area contributed by atoms with Crippen molar-refractivity contribution in [2.45, 2.75) is 38.2 Å². The largest absolute Gasteiger partial charge is 0.459 e. The molecule has 5 nitrogen and oxygen atoms in total. The van der Waals surface area contributed by atoms with Gasteiger partial charge in [0.25, 0.3) is 5.56 Å². The van der Waals surface area contributed by atoms with E-state index in [1.54, 1.807) is 32.9 Å². The Kier molecular flexibility index (Phi) is 4.46. The van der Waals surface area contributed by atoms with Crippen molar-refractivity contribution in [1.29, 1.82) is 0 Å². The van der Waals surface area contributed by atoms with E-state index in [9.17, 15) is 9.59 Å². The summed E-state index contributed by atoms with van der Waals surface area (Å²) in [5.41, 5.74) is -0.162. The number of rotatable bonds is 3. The molecule has 0 atom stereocenters. The van der Waals surface area contributed by atoms with E-state index in [1.165, 1.54) is 0 Å². The number of carbonyl (C=O) groups excluding carboxylic acids is 1. The Labute approximate surface area is 131 Å². The summed E-state index contributed by atoms with van der Waals surface area (Å²) in [6.45, 7) is 5.16. The van der Waals surface area contributed by atoms with Crippen LogP contribution in [0.1, 0.15) is 26.5 Å². The first-order chi connectivity index (χ1) is 9.81. The van der Waals surface area contributed by atoms with Gasteiger partial charge in [0.2, 0.25) is 0 Å². The lowest BCUT2D eigenvalue weighted by Gasteiger charge is -2.19. The number of hydrogen-bond acceptors (Lipinski definition) is 4. The molecule has 0 spiro atoms. The average Bonchev–Trinajstić information content (AvgIpc) is 2.40. The molecule has 1 aromatic carbocycles. The number of nitrogens with zero attached hydrogens (tertiary/aromatic N) is 2. The summed E-state index contributed by atoms with van der Waals surface area (Å²) in [5.74, 6) is -0.479. The molecule has 0 aliphatic carbocycles. The molecule has 6 heteroatoms. The standard InChI is InChI=1S/C15H17BrN2O3/c1-15(2,3)21-13(19)9-18-14(20)11-7-5-4-6-10(11)12(8-16)17-18/h4-7H,8-9H2,1-3H3. The van der Waals surface area contributed by atoms with Crippen molar-refractivity contribution < 1.29 is 9.53 Å². The molecule has 0 aliphatic rings. The van der Waals surface area contributed by atoms with Gasteiger partial charge in [-0.3, -0.25) is 9.59 Å². The highest BCUT2D eigenvalue weighted by molar-refractivity contribution is 9.08. The normalized spacial score (nSPS) is 11.6. The molecule has 0 bridgehead atoms. The maximum atomic E-state index is 12.4. The van der Waals surface area contributed by atoms with Crippen LogP contribution in [0.2, 0.25) is 0 Å². The third kappa shape index (κ3) is 3.69. The monoisotopic (exact) mass is 352 g/mol. The van der Waals surface area contributed by atoms with E-state index in [1.807, 2.05) is 12.1 Å². The highest BCUT2D eigenvalue weighted by Crippen LogP contribution is 2.15. The number of alkyl halides is 1. The molecule has 2 aromatic rings. The van der Waals surface area contributed by atoms with Crippen LogP contribution in [0.25, 0.3) is 10.8 Å². The fraction of sp³-hybridized carbons (Fsp3) is 0.400. The van der Waals surface area contributed by atoms with Crippen molar-refractivity contribution in [3.8, 4) is 0 Å². The lowest BCUT2D eigenvalue weighted by Crippen LogP contribution is -2.32. The van der Waals surface area contributed by atoms with E-state index in [4.69, 9.17) is 4.74 Å². The van der Waals surface area contributed by atoms with Crippen molar-refractivity contribution in [3.05, 3.63) is 40.3 Å². The maximum Gasteiger partial charge on any atom is 0.328 e. The Morgan fingerprint density at radius 2 is 1.90 bits per heavy atom. The molecule has 0 radical (unpaired) electrons. The highest BCUT2D eigenvalue weighted by atomic mass is 79.9. The Morgan fingerprint density at radius 3 is 2.48 bits per heavy atom. The molecule has 0 aliphatic heterocycles. The summed E-state index contributed by atoms with van der Waals surface area (Å²) < 4.78 is 6.39. The first-order valence-electron chi connectivity index (χ1n) is 6.58. The molecule has 2 rings (SSSR count). The van der Waals surface area contributed by atoms with E-state index in [0.717, 1.165) is 10.1 Å². The van der Waals surface area contributed by atoms with Gasteiger partial charge in [-0.2, -0.15) is 5.10 Å². The summed E-state index contributed by atoms with van der Waals surface area (Å²) in [6.07, 6.45) is 0. The summed E-state index contributed by atoms with van der Waals surface area (Å²) in [6, 6.07) is 7.22. The first kappa shape index (κ1) is 15.7. The van der Waals surface area contributed by atoms with Crippen LogP contribution in [0.5, 0.6) is 0 Å². The predicted octanol–water partition coefficient (Wildman–Crippen LogP) is 2.63. The van der Waals surface area contributed by atoms with Crippen LogP contribution in [0.3, 0.4) is 0 Å². The molecule has 0 amide bonds. The van der Waals surface area contributed by atoms with Crippen LogP contribution in [-0.4, -0.2) is 21.4 Å². The SMILES string of the molecule is CC(C)(C)OC(=O)Cn1nc(CBr)c2ccccc2c1=O. The number of aromatic nitrogens is 2. The molecular weight excluding hydrogens is 336 g/mol. The van der Waals surface area contributed by atoms with Gasteiger partial charge in [0.1, 0.15) is 12.1 Å². The molecule has 1 heterocycles. The molecule has 0 N–H and O–H groups in total. The molecule has 112 valence electrons. The van der Waals surface area contributed by atoms with Gasteiger partial charge in [0.15, 0.2) is 0 Å². The minimum absolute atomic E-state index is 0.194. The number of hydrogen-bond donors (Lipinski definition) is 0. The third-order valence-electron chi connectivity index (χ3n) is 2.77. The third-order valence-corrected chi connectivity index (χ3v) is 3.30. The molecule has 0 saturated heterocycles. The Bertz CT molecular complexity index is 732. The van der Waals surface area contributed by atoms with Gasteiger partial charge in [0.05, 0.1) is 11.1 Å². The van der Waals surface area contributed by atoms with E-state index in [2.05, 4.69) is 21.0 Å². The van der Waals surface area contributed by atoms with Crippen molar-refractivity contribution in [2.24, 2.45) is 0 Å². The average molecular weight is 353 g/mol. The summed E-state index contributed by atoms with van der Waals surface area (Å²) in [5, 5.41) is 6.09. The van der Waals surface area contributed by atoms with Gasteiger partial charge in [-0.05, 0) is 26.8 Å². The Hall–Kier alpha value is -1.69. The lowest BCUT2D eigenvalue weighted by atomic mass is 10.1. The zero-order chi connectivity index (χ0) is 15.6. The van der Waals surface area contributed by atoms with Crippen LogP contribution >= 0.6 is 15.9 Å². The van der Waals surface area contributed by atoms with Crippen LogP contribution in [0, 0.1) is 0 Å². The minimum Gasteiger partial charge on any atom is -0.459 e. The zero-order valence-electron chi connectivity index (χ0n) is 12.2. The molecule has 0 saturated carbocycles. The van der Waals surface area contributed by atoms with Gasteiger partial charge >= 0.3 is 5.97 Å². The molecule has 1 aromatic heterocycles. The van der Waals surface area contributed by atoms with Crippen molar-refractivity contribution in [3.63, 3.8) is 0 Å². The topological polar surface area (TPSA) is 61.2 Å². The lowest BCUT2D eigenvalue weighted by molar-refractivity contribution is -0.155. The molecular formula is C15H17BrN2O3.